The zero-order chi connectivity index (χ0) is 20.9. The molecule has 0 N–H and O–H groups in total. The summed E-state index contributed by atoms with van der Waals surface area (Å²) in [5.41, 5.74) is 7.02. The Morgan fingerprint density at radius 2 is 1.17 bits per heavy atom. The van der Waals surface area contributed by atoms with Crippen LogP contribution in [-0.2, 0) is 12.8 Å². The molecule has 0 atom stereocenters. The molecule has 150 valence electrons. The highest BCUT2D eigenvalue weighted by Crippen LogP contribution is 2.20. The Morgan fingerprint density at radius 3 is 1.90 bits per heavy atom. The minimum Gasteiger partial charge on any atom is -0.421 e. The van der Waals surface area contributed by atoms with E-state index in [1.165, 1.54) is 0 Å². The van der Waals surface area contributed by atoms with Gasteiger partial charge in [0.05, 0.1) is 5.69 Å². The summed E-state index contributed by atoms with van der Waals surface area (Å²) in [6.07, 6.45) is 1.37. The highest BCUT2D eigenvalue weighted by atomic mass is 16.5. The molecule has 0 unspecified atom stereocenters. The van der Waals surface area contributed by atoms with Crippen molar-refractivity contribution in [2.24, 2.45) is 0 Å². The zero-order valence-electron chi connectivity index (χ0n) is 17.5. The van der Waals surface area contributed by atoms with Crippen molar-refractivity contribution in [3.63, 3.8) is 0 Å². The summed E-state index contributed by atoms with van der Waals surface area (Å²) in [5.74, 6) is 1.08. The molecule has 4 aromatic heterocycles. The second kappa shape index (κ2) is 8.82. The maximum absolute atomic E-state index is 5.85. The van der Waals surface area contributed by atoms with Crippen molar-refractivity contribution in [1.82, 2.24) is 19.9 Å². The smallest absolute Gasteiger partial charge is 0.221 e. The number of aromatic nitrogens is 4. The van der Waals surface area contributed by atoms with E-state index in [1.54, 1.807) is 0 Å². The average Bonchev–Trinajstić information content (AvgIpc) is 2.70. The Balaban J connectivity index is 1.57. The van der Waals surface area contributed by atoms with Gasteiger partial charge in [0.25, 0.3) is 0 Å². The first-order chi connectivity index (χ1) is 14.5. The van der Waals surface area contributed by atoms with Crippen LogP contribution < -0.4 is 4.74 Å². The van der Waals surface area contributed by atoms with Gasteiger partial charge in [-0.15, -0.1) is 0 Å². The van der Waals surface area contributed by atoms with Gasteiger partial charge in [0.2, 0.25) is 11.8 Å². The fourth-order valence-electron chi connectivity index (χ4n) is 3.31. The third-order valence-electron chi connectivity index (χ3n) is 4.73. The van der Waals surface area contributed by atoms with Gasteiger partial charge in [-0.1, -0.05) is 24.3 Å². The van der Waals surface area contributed by atoms with Gasteiger partial charge < -0.3 is 4.74 Å². The Labute approximate surface area is 176 Å². The maximum Gasteiger partial charge on any atom is 0.221 e. The van der Waals surface area contributed by atoms with Crippen LogP contribution in [0.15, 0.2) is 66.7 Å². The Bertz CT molecular complexity index is 1170. The Kier molecular flexibility index (Phi) is 5.80. The minimum atomic E-state index is 0.535. The SMILES string of the molecule is Cc1cccc(Cc2nc(C)ccc2Cc2cccc(Oc3cccc(C)n3)n2)n1. The van der Waals surface area contributed by atoms with E-state index in [0.717, 1.165) is 39.7 Å². The van der Waals surface area contributed by atoms with E-state index in [2.05, 4.69) is 21.0 Å². The van der Waals surface area contributed by atoms with Crippen LogP contribution in [0.4, 0.5) is 0 Å². The van der Waals surface area contributed by atoms with E-state index in [-0.39, 0.29) is 0 Å². The largest absolute Gasteiger partial charge is 0.421 e. The molecule has 30 heavy (non-hydrogen) atoms. The van der Waals surface area contributed by atoms with Crippen LogP contribution in [0.25, 0.3) is 0 Å². The lowest BCUT2D eigenvalue weighted by molar-refractivity contribution is 0.442. The Morgan fingerprint density at radius 1 is 0.567 bits per heavy atom. The predicted molar refractivity (Wildman–Crippen MR) is 117 cm³/mol. The molecule has 0 saturated heterocycles. The van der Waals surface area contributed by atoms with Crippen LogP contribution >= 0.6 is 0 Å². The molecule has 5 heteroatoms. The van der Waals surface area contributed by atoms with Gasteiger partial charge in [0.1, 0.15) is 0 Å². The van der Waals surface area contributed by atoms with E-state index < -0.39 is 0 Å². The third kappa shape index (κ3) is 5.06. The number of pyridine rings is 4. The average molecular weight is 396 g/mol. The van der Waals surface area contributed by atoms with Crippen molar-refractivity contribution < 1.29 is 4.74 Å². The van der Waals surface area contributed by atoms with Crippen molar-refractivity contribution in [3.05, 3.63) is 106 Å². The van der Waals surface area contributed by atoms with Crippen molar-refractivity contribution in [1.29, 1.82) is 0 Å². The monoisotopic (exact) mass is 396 g/mol. The summed E-state index contributed by atoms with van der Waals surface area (Å²) in [6, 6.07) is 21.8. The lowest BCUT2D eigenvalue weighted by Crippen LogP contribution is -2.04. The molecular formula is C25H24N4O. The first-order valence-electron chi connectivity index (χ1n) is 10.0. The number of nitrogens with zero attached hydrogens (tertiary/aromatic N) is 4. The molecule has 0 fully saturated rings. The topological polar surface area (TPSA) is 60.8 Å². The van der Waals surface area contributed by atoms with Gasteiger partial charge in [-0.05, 0) is 56.7 Å². The fourth-order valence-corrected chi connectivity index (χ4v) is 3.31. The lowest BCUT2D eigenvalue weighted by atomic mass is 10.0. The van der Waals surface area contributed by atoms with Crippen LogP contribution in [0.2, 0.25) is 0 Å². The minimum absolute atomic E-state index is 0.535. The van der Waals surface area contributed by atoms with Gasteiger partial charge in [0.15, 0.2) is 0 Å². The molecule has 0 radical (unpaired) electrons. The molecule has 4 aromatic rings. The van der Waals surface area contributed by atoms with E-state index in [1.807, 2.05) is 81.4 Å². The molecule has 5 nitrogen and oxygen atoms in total. The molecule has 0 bridgehead atoms. The second-order valence-electron chi connectivity index (χ2n) is 7.37. The Hall–Kier alpha value is -3.60. The van der Waals surface area contributed by atoms with Gasteiger partial charge in [0, 0.05) is 53.4 Å². The van der Waals surface area contributed by atoms with Crippen LogP contribution in [0.3, 0.4) is 0 Å². The van der Waals surface area contributed by atoms with Crippen molar-refractivity contribution in [2.75, 3.05) is 0 Å². The summed E-state index contributed by atoms with van der Waals surface area (Å²) in [7, 11) is 0. The summed E-state index contributed by atoms with van der Waals surface area (Å²) in [6.45, 7) is 5.96. The van der Waals surface area contributed by atoms with Gasteiger partial charge in [-0.25, -0.2) is 9.97 Å². The number of hydrogen-bond acceptors (Lipinski definition) is 5. The molecule has 0 aliphatic rings. The summed E-state index contributed by atoms with van der Waals surface area (Å²) in [4.78, 5) is 18.5. The van der Waals surface area contributed by atoms with Crippen molar-refractivity contribution in [2.45, 2.75) is 33.6 Å². The molecule has 0 saturated carbocycles. The molecule has 4 heterocycles. The number of ether oxygens (including phenoxy) is 1. The summed E-state index contributed by atoms with van der Waals surface area (Å²) < 4.78 is 5.85. The van der Waals surface area contributed by atoms with Gasteiger partial charge >= 0.3 is 0 Å². The van der Waals surface area contributed by atoms with E-state index >= 15 is 0 Å². The van der Waals surface area contributed by atoms with E-state index in [0.29, 0.717) is 24.6 Å². The molecular weight excluding hydrogens is 372 g/mol. The highest BCUT2D eigenvalue weighted by Gasteiger charge is 2.10. The standard InChI is InChI=1S/C25H24N4O/c1-17-7-4-9-22(26-17)16-23-20(14-13-19(3)27-23)15-21-10-6-12-25(29-21)30-24-11-5-8-18(2)28-24/h4-14H,15-16H2,1-3H3. The maximum atomic E-state index is 5.85. The molecule has 0 aliphatic carbocycles. The molecule has 0 aliphatic heterocycles. The third-order valence-corrected chi connectivity index (χ3v) is 4.73. The normalized spacial score (nSPS) is 10.8. The highest BCUT2D eigenvalue weighted by molar-refractivity contribution is 5.32. The van der Waals surface area contributed by atoms with Gasteiger partial charge in [-0.3, -0.25) is 9.97 Å². The van der Waals surface area contributed by atoms with Crippen LogP contribution in [0, 0.1) is 20.8 Å². The molecule has 0 aromatic carbocycles. The van der Waals surface area contributed by atoms with Crippen molar-refractivity contribution in [3.8, 4) is 11.8 Å². The fraction of sp³-hybridized carbons (Fsp3) is 0.200. The van der Waals surface area contributed by atoms with Gasteiger partial charge in [-0.2, -0.15) is 0 Å². The van der Waals surface area contributed by atoms with Crippen molar-refractivity contribution >= 4 is 0 Å². The molecule has 0 amide bonds. The van der Waals surface area contributed by atoms with Crippen LogP contribution in [0.5, 0.6) is 11.8 Å². The number of hydrogen-bond donors (Lipinski definition) is 0. The van der Waals surface area contributed by atoms with E-state index in [4.69, 9.17) is 9.72 Å². The quantitative estimate of drug-likeness (QED) is 0.450. The van der Waals surface area contributed by atoms with E-state index in [9.17, 15) is 0 Å². The summed E-state index contributed by atoms with van der Waals surface area (Å²) in [5, 5.41) is 0. The number of aryl methyl sites for hydroxylation is 3. The number of rotatable bonds is 6. The molecule has 0 spiro atoms. The summed E-state index contributed by atoms with van der Waals surface area (Å²) >= 11 is 0. The molecule has 4 rings (SSSR count). The predicted octanol–water partition coefficient (Wildman–Crippen LogP) is 5.17. The van der Waals surface area contributed by atoms with Crippen LogP contribution in [0.1, 0.15) is 39.7 Å². The van der Waals surface area contributed by atoms with Crippen LogP contribution in [-0.4, -0.2) is 19.9 Å². The zero-order valence-corrected chi connectivity index (χ0v) is 17.5. The first-order valence-corrected chi connectivity index (χ1v) is 10.0. The second-order valence-corrected chi connectivity index (χ2v) is 7.37. The lowest BCUT2D eigenvalue weighted by Gasteiger charge is -2.11. The first kappa shape index (κ1) is 19.7.